The summed E-state index contributed by atoms with van der Waals surface area (Å²) >= 11 is 0. The summed E-state index contributed by atoms with van der Waals surface area (Å²) in [5.74, 6) is -1.91. The van der Waals surface area contributed by atoms with E-state index in [4.69, 9.17) is 5.73 Å². The van der Waals surface area contributed by atoms with Crippen molar-refractivity contribution in [3.8, 4) is 0 Å². The summed E-state index contributed by atoms with van der Waals surface area (Å²) in [6.45, 7) is 1.36. The number of nitrogen functional groups attached to an aromatic ring is 1. The van der Waals surface area contributed by atoms with Crippen LogP contribution in [0.2, 0.25) is 0 Å². The van der Waals surface area contributed by atoms with Crippen LogP contribution < -0.4 is 16.0 Å². The molecule has 3 aromatic heterocycles. The number of piperidine rings is 1. The number of pyridine rings is 1. The fourth-order valence-corrected chi connectivity index (χ4v) is 4.44. The molecule has 3 aromatic rings. The summed E-state index contributed by atoms with van der Waals surface area (Å²) in [7, 11) is 0. The number of nitrogens with zero attached hydrogens (tertiary/aromatic N) is 6. The van der Waals surface area contributed by atoms with E-state index < -0.39 is 17.5 Å². The van der Waals surface area contributed by atoms with Gasteiger partial charge in [0.1, 0.15) is 11.3 Å². The predicted molar refractivity (Wildman–Crippen MR) is 111 cm³/mol. The van der Waals surface area contributed by atoms with Crippen molar-refractivity contribution < 1.29 is 18.4 Å². The molecule has 0 radical (unpaired) electrons. The molecule has 0 aliphatic carbocycles. The van der Waals surface area contributed by atoms with Crippen LogP contribution in [0.25, 0.3) is 5.65 Å². The summed E-state index contributed by atoms with van der Waals surface area (Å²) in [6.07, 6.45) is 6.63. The van der Waals surface area contributed by atoms with E-state index >= 15 is 0 Å². The third kappa shape index (κ3) is 3.37. The van der Waals surface area contributed by atoms with E-state index in [-0.39, 0.29) is 40.4 Å². The lowest BCUT2D eigenvalue weighted by molar-refractivity contribution is -0.136. The first-order valence-electron chi connectivity index (χ1n) is 10.2. The van der Waals surface area contributed by atoms with Crippen LogP contribution in [0.5, 0.6) is 0 Å². The highest BCUT2D eigenvalue weighted by atomic mass is 19.1. The molecule has 2 aliphatic rings. The highest BCUT2D eigenvalue weighted by Crippen LogP contribution is 2.33. The van der Waals surface area contributed by atoms with E-state index in [0.717, 1.165) is 35.9 Å². The second-order valence-corrected chi connectivity index (χ2v) is 7.85. The molecule has 0 bridgehead atoms. The van der Waals surface area contributed by atoms with Crippen LogP contribution in [0, 0.1) is 11.6 Å². The monoisotopic (exact) mass is 442 g/mol. The second-order valence-electron chi connectivity index (χ2n) is 7.85. The number of hydrogen-bond donors (Lipinski definition) is 2. The van der Waals surface area contributed by atoms with E-state index in [1.807, 2.05) is 9.80 Å². The zero-order valence-corrected chi connectivity index (χ0v) is 17.0. The molecule has 5 rings (SSSR count). The van der Waals surface area contributed by atoms with Gasteiger partial charge in [0.05, 0.1) is 30.5 Å². The highest BCUT2D eigenvalue weighted by Gasteiger charge is 2.35. The van der Waals surface area contributed by atoms with Crippen molar-refractivity contribution in [2.45, 2.75) is 25.3 Å². The van der Waals surface area contributed by atoms with Crippen LogP contribution in [0.15, 0.2) is 24.8 Å². The van der Waals surface area contributed by atoms with E-state index in [9.17, 15) is 18.4 Å². The first-order chi connectivity index (χ1) is 15.4. The third-order valence-electron chi connectivity index (χ3n) is 5.86. The Kier molecular flexibility index (Phi) is 4.83. The van der Waals surface area contributed by atoms with Crippen molar-refractivity contribution >= 4 is 34.7 Å². The minimum atomic E-state index is -0.670. The average Bonchev–Trinajstić information content (AvgIpc) is 3.08. The topological polar surface area (TPSA) is 122 Å². The molecule has 1 atom stereocenters. The van der Waals surface area contributed by atoms with Crippen LogP contribution in [0.3, 0.4) is 0 Å². The van der Waals surface area contributed by atoms with Crippen molar-refractivity contribution in [3.05, 3.63) is 42.0 Å². The smallest absolute Gasteiger partial charge is 0.263 e. The highest BCUT2D eigenvalue weighted by molar-refractivity contribution is 6.12. The maximum absolute atomic E-state index is 14.9. The van der Waals surface area contributed by atoms with Crippen LogP contribution in [0.1, 0.15) is 29.6 Å². The summed E-state index contributed by atoms with van der Waals surface area (Å²) in [4.78, 5) is 36.6. The zero-order chi connectivity index (χ0) is 22.4. The number of amides is 2. The molecular formula is C20H20F2N8O2. The van der Waals surface area contributed by atoms with Crippen molar-refractivity contribution in [2.24, 2.45) is 0 Å². The fourth-order valence-electron chi connectivity index (χ4n) is 4.44. The number of rotatable bonds is 3. The average molecular weight is 442 g/mol. The SMILES string of the molecule is Nc1nn2cc(F)cnc2c1C(=O)Nc1cncc(F)c1N1CCN2C(=O)CCCC2C1. The van der Waals surface area contributed by atoms with E-state index in [2.05, 4.69) is 20.4 Å². The van der Waals surface area contributed by atoms with E-state index in [1.165, 1.54) is 6.20 Å². The number of nitrogens with two attached hydrogens (primary N) is 1. The molecule has 2 fully saturated rings. The number of fused-ring (bicyclic) bond motifs is 2. The largest absolute Gasteiger partial charge is 0.381 e. The number of anilines is 3. The maximum atomic E-state index is 14.9. The minimum absolute atomic E-state index is 0.00419. The van der Waals surface area contributed by atoms with Gasteiger partial charge in [0, 0.05) is 32.1 Å². The summed E-state index contributed by atoms with van der Waals surface area (Å²) in [5, 5.41) is 6.56. The van der Waals surface area contributed by atoms with Crippen molar-refractivity contribution in [2.75, 3.05) is 35.6 Å². The molecule has 0 aromatic carbocycles. The Hall–Kier alpha value is -3.83. The van der Waals surface area contributed by atoms with Gasteiger partial charge in [0.2, 0.25) is 5.91 Å². The van der Waals surface area contributed by atoms with Gasteiger partial charge < -0.3 is 20.9 Å². The van der Waals surface area contributed by atoms with Gasteiger partial charge in [-0.05, 0) is 12.8 Å². The number of aromatic nitrogens is 4. The van der Waals surface area contributed by atoms with Crippen molar-refractivity contribution in [3.63, 3.8) is 0 Å². The van der Waals surface area contributed by atoms with Crippen LogP contribution in [0.4, 0.5) is 26.0 Å². The van der Waals surface area contributed by atoms with Gasteiger partial charge >= 0.3 is 0 Å². The van der Waals surface area contributed by atoms with E-state index in [1.54, 1.807) is 0 Å². The predicted octanol–water partition coefficient (Wildman–Crippen LogP) is 1.44. The molecule has 0 spiro atoms. The number of carbonyl (C=O) groups is 2. The number of carbonyl (C=O) groups excluding carboxylic acids is 2. The molecule has 2 saturated heterocycles. The summed E-state index contributed by atoms with van der Waals surface area (Å²) in [6, 6.07) is -0.00419. The maximum Gasteiger partial charge on any atom is 0.263 e. The Balaban J connectivity index is 1.45. The standard InChI is InChI=1S/C20H20F2N8O2/c21-11-6-25-19-16(18(23)27-30(19)9-11)20(32)26-14-8-24-7-13(22)17(14)28-4-5-29-12(10-28)2-1-3-15(29)31/h6-9,12H,1-5,10H2,(H2,23,27)(H,26,32). The molecule has 1 unspecified atom stereocenters. The lowest BCUT2D eigenvalue weighted by Gasteiger charge is -2.45. The summed E-state index contributed by atoms with van der Waals surface area (Å²) in [5.41, 5.74) is 6.23. The Labute approximate surface area is 181 Å². The Bertz CT molecular complexity index is 1230. The van der Waals surface area contributed by atoms with Crippen LogP contribution in [-0.2, 0) is 4.79 Å². The molecule has 2 aliphatic heterocycles. The molecule has 10 nitrogen and oxygen atoms in total. The molecule has 12 heteroatoms. The first-order valence-corrected chi connectivity index (χ1v) is 10.2. The van der Waals surface area contributed by atoms with Gasteiger partial charge in [-0.1, -0.05) is 0 Å². The van der Waals surface area contributed by atoms with Gasteiger partial charge in [-0.3, -0.25) is 14.6 Å². The van der Waals surface area contributed by atoms with Crippen LogP contribution >= 0.6 is 0 Å². The number of halogens is 2. The lowest BCUT2D eigenvalue weighted by atomic mass is 9.98. The normalized spacial score (nSPS) is 18.7. The van der Waals surface area contributed by atoms with E-state index in [0.29, 0.717) is 26.1 Å². The van der Waals surface area contributed by atoms with Gasteiger partial charge in [-0.25, -0.2) is 18.3 Å². The Morgan fingerprint density at radius 3 is 2.91 bits per heavy atom. The molecule has 3 N–H and O–H groups in total. The van der Waals surface area contributed by atoms with Gasteiger partial charge in [-0.15, -0.1) is 5.10 Å². The Morgan fingerprint density at radius 2 is 2.06 bits per heavy atom. The third-order valence-corrected chi connectivity index (χ3v) is 5.86. The molecular weight excluding hydrogens is 422 g/mol. The fraction of sp³-hybridized carbons (Fsp3) is 0.350. The van der Waals surface area contributed by atoms with Crippen molar-refractivity contribution in [1.82, 2.24) is 24.5 Å². The van der Waals surface area contributed by atoms with Gasteiger partial charge in [0.25, 0.3) is 5.91 Å². The molecule has 0 saturated carbocycles. The minimum Gasteiger partial charge on any atom is -0.381 e. The zero-order valence-electron chi connectivity index (χ0n) is 17.0. The quantitative estimate of drug-likeness (QED) is 0.629. The van der Waals surface area contributed by atoms with Crippen molar-refractivity contribution in [1.29, 1.82) is 0 Å². The molecule has 166 valence electrons. The molecule has 2 amide bonds. The summed E-state index contributed by atoms with van der Waals surface area (Å²) < 4.78 is 29.4. The first kappa shape index (κ1) is 20.1. The Morgan fingerprint density at radius 1 is 1.22 bits per heavy atom. The number of piperazine rings is 1. The van der Waals surface area contributed by atoms with Gasteiger partial charge in [0.15, 0.2) is 23.1 Å². The molecule has 32 heavy (non-hydrogen) atoms. The number of nitrogens with one attached hydrogen (secondary N) is 1. The van der Waals surface area contributed by atoms with Crippen LogP contribution in [-0.4, -0.2) is 62.0 Å². The second kappa shape index (κ2) is 7.70. The van der Waals surface area contributed by atoms with Gasteiger partial charge in [-0.2, -0.15) is 0 Å². The number of hydrogen-bond acceptors (Lipinski definition) is 7. The molecule has 5 heterocycles. The lowest BCUT2D eigenvalue weighted by Crippen LogP contribution is -2.57.